The monoisotopic (exact) mass is 427 g/mol. The summed E-state index contributed by atoms with van der Waals surface area (Å²) in [4.78, 5) is 28.0. The molecule has 1 aromatic heterocycles. The molecule has 30 heavy (non-hydrogen) atoms. The smallest absolute Gasteiger partial charge is 0.263 e. The average Bonchev–Trinajstić information content (AvgIpc) is 2.73. The molecule has 0 aliphatic carbocycles. The number of hydrogen-bond donors (Lipinski definition) is 2. The number of ketones is 1. The summed E-state index contributed by atoms with van der Waals surface area (Å²) < 4.78 is 40.0. The maximum Gasteiger partial charge on any atom is 0.263 e. The van der Waals surface area contributed by atoms with Gasteiger partial charge in [0, 0.05) is 30.3 Å². The van der Waals surface area contributed by atoms with Gasteiger partial charge in [0.15, 0.2) is 5.78 Å². The molecule has 0 saturated heterocycles. The van der Waals surface area contributed by atoms with Crippen LogP contribution in [0.2, 0.25) is 0 Å². The van der Waals surface area contributed by atoms with E-state index >= 15 is 0 Å². The summed E-state index contributed by atoms with van der Waals surface area (Å²) in [5.74, 6) is -0.912. The fraction of sp³-hybridized carbons (Fsp3) is 0.0952. The molecule has 0 unspecified atom stereocenters. The number of anilines is 2. The number of benzene rings is 2. The molecule has 0 atom stereocenters. The SMILES string of the molecule is O=C(CCC(=O)c1ccc(F)cc1)Nc1ccc(S(=O)(=O)Nc2ccccn2)cc1. The number of halogens is 1. The van der Waals surface area contributed by atoms with E-state index < -0.39 is 21.7 Å². The Kier molecular flexibility index (Phi) is 6.53. The molecule has 1 heterocycles. The van der Waals surface area contributed by atoms with Gasteiger partial charge in [0.25, 0.3) is 10.0 Å². The van der Waals surface area contributed by atoms with Crippen LogP contribution in [0.15, 0.2) is 77.8 Å². The van der Waals surface area contributed by atoms with Crippen LogP contribution < -0.4 is 10.0 Å². The predicted molar refractivity (Wildman–Crippen MR) is 110 cm³/mol. The third kappa shape index (κ3) is 5.71. The molecule has 0 saturated carbocycles. The van der Waals surface area contributed by atoms with Crippen LogP contribution in [0.3, 0.4) is 0 Å². The Morgan fingerprint density at radius 3 is 2.23 bits per heavy atom. The van der Waals surface area contributed by atoms with Crippen LogP contribution in [0.4, 0.5) is 15.9 Å². The zero-order valence-electron chi connectivity index (χ0n) is 15.7. The molecule has 7 nitrogen and oxygen atoms in total. The first kappa shape index (κ1) is 21.1. The fourth-order valence-electron chi connectivity index (χ4n) is 2.57. The van der Waals surface area contributed by atoms with Gasteiger partial charge < -0.3 is 5.32 Å². The highest BCUT2D eigenvalue weighted by Gasteiger charge is 2.15. The highest BCUT2D eigenvalue weighted by molar-refractivity contribution is 7.92. The summed E-state index contributed by atoms with van der Waals surface area (Å²) in [6.45, 7) is 0. The molecule has 2 N–H and O–H groups in total. The van der Waals surface area contributed by atoms with E-state index in [9.17, 15) is 22.4 Å². The highest BCUT2D eigenvalue weighted by Crippen LogP contribution is 2.17. The highest BCUT2D eigenvalue weighted by atomic mass is 32.2. The Labute approximate surface area is 173 Å². The molecular weight excluding hydrogens is 409 g/mol. The Morgan fingerprint density at radius 1 is 0.900 bits per heavy atom. The second-order valence-electron chi connectivity index (χ2n) is 6.32. The van der Waals surface area contributed by atoms with Gasteiger partial charge in [0.2, 0.25) is 5.91 Å². The number of pyridine rings is 1. The molecule has 1 amide bonds. The number of rotatable bonds is 8. The first-order valence-corrected chi connectivity index (χ1v) is 10.4. The van der Waals surface area contributed by atoms with Crippen LogP contribution in [0.5, 0.6) is 0 Å². The van der Waals surface area contributed by atoms with Crippen molar-refractivity contribution in [3.05, 3.63) is 84.3 Å². The first-order valence-electron chi connectivity index (χ1n) is 8.96. The molecule has 0 fully saturated rings. The normalized spacial score (nSPS) is 11.0. The van der Waals surface area contributed by atoms with E-state index in [0.29, 0.717) is 11.3 Å². The van der Waals surface area contributed by atoms with Crippen molar-refractivity contribution < 1.29 is 22.4 Å². The minimum absolute atomic E-state index is 0.0117. The number of carbonyl (C=O) groups is 2. The lowest BCUT2D eigenvalue weighted by molar-refractivity contribution is -0.116. The van der Waals surface area contributed by atoms with Crippen molar-refractivity contribution in [1.29, 1.82) is 0 Å². The lowest BCUT2D eigenvalue weighted by Crippen LogP contribution is -2.15. The van der Waals surface area contributed by atoms with Crippen LogP contribution >= 0.6 is 0 Å². The Hall–Kier alpha value is -3.59. The van der Waals surface area contributed by atoms with Crippen LogP contribution in [0.25, 0.3) is 0 Å². The van der Waals surface area contributed by atoms with E-state index in [2.05, 4.69) is 15.0 Å². The van der Waals surface area contributed by atoms with E-state index in [-0.39, 0.29) is 29.3 Å². The summed E-state index contributed by atoms with van der Waals surface area (Å²) >= 11 is 0. The Bertz CT molecular complexity index is 1130. The van der Waals surface area contributed by atoms with Crippen LogP contribution in [-0.2, 0) is 14.8 Å². The predicted octanol–water partition coefficient (Wildman–Crippen LogP) is 3.62. The molecule has 0 spiro atoms. The van der Waals surface area contributed by atoms with Crippen LogP contribution in [0, 0.1) is 5.82 Å². The van der Waals surface area contributed by atoms with Gasteiger partial charge in [0.1, 0.15) is 11.6 Å². The molecule has 9 heteroatoms. The van der Waals surface area contributed by atoms with Crippen molar-refractivity contribution in [1.82, 2.24) is 4.98 Å². The minimum Gasteiger partial charge on any atom is -0.326 e. The first-order chi connectivity index (χ1) is 14.3. The Morgan fingerprint density at radius 2 is 1.60 bits per heavy atom. The van der Waals surface area contributed by atoms with Gasteiger partial charge in [-0.25, -0.2) is 17.8 Å². The summed E-state index contributed by atoms with van der Waals surface area (Å²) in [7, 11) is -3.81. The zero-order chi connectivity index (χ0) is 21.6. The van der Waals surface area contributed by atoms with Crippen LogP contribution in [0.1, 0.15) is 23.2 Å². The third-order valence-corrected chi connectivity index (χ3v) is 5.47. The average molecular weight is 427 g/mol. The number of aromatic nitrogens is 1. The number of carbonyl (C=O) groups excluding carboxylic acids is 2. The van der Waals surface area contributed by atoms with Gasteiger partial charge >= 0.3 is 0 Å². The molecule has 0 bridgehead atoms. The van der Waals surface area contributed by atoms with Gasteiger partial charge in [0.05, 0.1) is 4.90 Å². The lowest BCUT2D eigenvalue weighted by atomic mass is 10.1. The van der Waals surface area contributed by atoms with Gasteiger partial charge in [-0.3, -0.25) is 14.3 Å². The van der Waals surface area contributed by atoms with Crippen molar-refractivity contribution in [2.75, 3.05) is 10.0 Å². The van der Waals surface area contributed by atoms with Gasteiger partial charge in [-0.05, 0) is 60.7 Å². The third-order valence-electron chi connectivity index (χ3n) is 4.10. The largest absolute Gasteiger partial charge is 0.326 e. The summed E-state index contributed by atoms with van der Waals surface area (Å²) in [5, 5.41) is 2.61. The molecule has 3 rings (SSSR count). The molecule has 3 aromatic rings. The molecule has 0 radical (unpaired) electrons. The van der Waals surface area contributed by atoms with Crippen molar-refractivity contribution in [3.63, 3.8) is 0 Å². The number of amides is 1. The fourth-order valence-corrected chi connectivity index (χ4v) is 3.58. The van der Waals surface area contributed by atoms with E-state index in [4.69, 9.17) is 0 Å². The number of nitrogens with zero attached hydrogens (tertiary/aromatic N) is 1. The summed E-state index contributed by atoms with van der Waals surface area (Å²) in [6.07, 6.45) is 1.38. The summed E-state index contributed by atoms with van der Waals surface area (Å²) in [5.41, 5.74) is 0.727. The molecule has 0 aliphatic heterocycles. The quantitative estimate of drug-likeness (QED) is 0.534. The molecule has 154 valence electrons. The minimum atomic E-state index is -3.81. The zero-order valence-corrected chi connectivity index (χ0v) is 16.5. The van der Waals surface area contributed by atoms with Crippen molar-refractivity contribution in [2.45, 2.75) is 17.7 Å². The second-order valence-corrected chi connectivity index (χ2v) is 8.01. The van der Waals surface area contributed by atoms with Gasteiger partial charge in [-0.1, -0.05) is 6.07 Å². The molecular formula is C21H18FN3O4S. The summed E-state index contributed by atoms with van der Waals surface area (Å²) in [6, 6.07) is 15.6. The maximum absolute atomic E-state index is 12.9. The second kappa shape index (κ2) is 9.27. The topological polar surface area (TPSA) is 105 Å². The molecule has 0 aliphatic rings. The van der Waals surface area contributed by atoms with E-state index in [0.717, 1.165) is 0 Å². The van der Waals surface area contributed by atoms with Crippen LogP contribution in [-0.4, -0.2) is 25.1 Å². The number of sulfonamides is 1. The number of hydrogen-bond acceptors (Lipinski definition) is 5. The van der Waals surface area contributed by atoms with Crippen molar-refractivity contribution in [2.24, 2.45) is 0 Å². The number of Topliss-reactive ketones (excluding diaryl/α,β-unsaturated/α-hetero) is 1. The lowest BCUT2D eigenvalue weighted by Gasteiger charge is -2.09. The number of nitrogens with one attached hydrogen (secondary N) is 2. The van der Waals surface area contributed by atoms with E-state index in [1.807, 2.05) is 0 Å². The van der Waals surface area contributed by atoms with Crippen molar-refractivity contribution in [3.8, 4) is 0 Å². The van der Waals surface area contributed by atoms with E-state index in [1.54, 1.807) is 12.1 Å². The van der Waals surface area contributed by atoms with Crippen molar-refractivity contribution >= 4 is 33.2 Å². The Balaban J connectivity index is 1.55. The molecule has 2 aromatic carbocycles. The maximum atomic E-state index is 12.9. The van der Waals surface area contributed by atoms with Gasteiger partial charge in [-0.15, -0.1) is 0 Å². The standard InChI is InChI=1S/C21H18FN3O4S/c22-16-6-4-15(5-7-16)19(26)12-13-21(27)24-17-8-10-18(11-9-17)30(28,29)25-20-3-1-2-14-23-20/h1-11,14H,12-13H2,(H,23,25)(H,24,27). The van der Waals surface area contributed by atoms with E-state index in [1.165, 1.54) is 60.8 Å². The van der Waals surface area contributed by atoms with Gasteiger partial charge in [-0.2, -0.15) is 0 Å².